The molecule has 0 saturated heterocycles. The fourth-order valence-electron chi connectivity index (χ4n) is 5.18. The van der Waals surface area contributed by atoms with Gasteiger partial charge in [0.15, 0.2) is 13.2 Å². The van der Waals surface area contributed by atoms with Gasteiger partial charge in [-0.15, -0.1) is 0 Å². The molecule has 1 aliphatic heterocycles. The lowest BCUT2D eigenvalue weighted by Crippen LogP contribution is -2.41. The van der Waals surface area contributed by atoms with Crippen LogP contribution in [0.25, 0.3) is 5.69 Å². The average molecular weight is 751 g/mol. The Hall–Kier alpha value is -4.81. The molecule has 250 valence electrons. The lowest BCUT2D eigenvalue weighted by molar-refractivity contribution is -0.153. The van der Waals surface area contributed by atoms with Crippen molar-refractivity contribution in [2.24, 2.45) is 0 Å². The Morgan fingerprint density at radius 3 is 2.42 bits per heavy atom. The predicted molar refractivity (Wildman–Crippen MR) is 169 cm³/mol. The molecule has 48 heavy (non-hydrogen) atoms. The summed E-state index contributed by atoms with van der Waals surface area (Å²) in [6.07, 6.45) is -4.56. The number of carbonyl (C=O) groups is 2. The molecule has 2 amide bonds. The summed E-state index contributed by atoms with van der Waals surface area (Å²) in [6.45, 7) is -0.288. The monoisotopic (exact) mass is 749 g/mol. The number of amides is 2. The van der Waals surface area contributed by atoms with Crippen LogP contribution < -0.4 is 20.5 Å². The first-order chi connectivity index (χ1) is 22.8. The normalized spacial score (nSPS) is 13.3. The minimum Gasteiger partial charge on any atom is -0.484 e. The predicted octanol–water partition coefficient (Wildman–Crippen LogP) is 6.18. The number of benzene rings is 3. The number of alkyl halides is 3. The summed E-state index contributed by atoms with van der Waals surface area (Å²) in [7, 11) is 0. The van der Waals surface area contributed by atoms with Gasteiger partial charge in [0.2, 0.25) is 0 Å². The first-order valence-corrected chi connectivity index (χ1v) is 15.4. The van der Waals surface area contributed by atoms with Gasteiger partial charge in [-0.05, 0) is 71.4 Å². The molecular weight excluding hydrogens is 726 g/mol. The molecule has 0 saturated carbocycles. The molecule has 1 atom stereocenters. The van der Waals surface area contributed by atoms with Crippen LogP contribution in [-0.4, -0.2) is 51.8 Å². The molecule has 0 fully saturated rings. The number of rotatable bonds is 9. The Balaban J connectivity index is 1.51. The number of hydrogen-bond donors (Lipinski definition) is 1. The van der Waals surface area contributed by atoms with Crippen molar-refractivity contribution in [3.63, 3.8) is 0 Å². The highest BCUT2D eigenvalue weighted by Gasteiger charge is 2.33. The minimum absolute atomic E-state index is 0.0264. The van der Waals surface area contributed by atoms with Crippen molar-refractivity contribution < 1.29 is 36.6 Å². The van der Waals surface area contributed by atoms with Crippen LogP contribution in [0.1, 0.15) is 45.1 Å². The van der Waals surface area contributed by atoms with Gasteiger partial charge in [-0.25, -0.2) is 9.18 Å². The second-order valence-corrected chi connectivity index (χ2v) is 11.9. The number of fused-ring (bicyclic) bond motifs is 1. The molecule has 0 unspecified atom stereocenters. The highest BCUT2D eigenvalue weighted by atomic mass is 79.9. The fraction of sp³-hybridized carbons (Fsp3) is 0.250. The number of nitrogens with one attached hydrogen (secondary N) is 1. The van der Waals surface area contributed by atoms with Gasteiger partial charge in [-0.3, -0.25) is 18.7 Å². The van der Waals surface area contributed by atoms with E-state index in [1.807, 2.05) is 0 Å². The lowest BCUT2D eigenvalue weighted by atomic mass is 10.1. The fourth-order valence-corrected chi connectivity index (χ4v) is 5.61. The first kappa shape index (κ1) is 34.5. The maximum atomic E-state index is 15.0. The molecule has 1 aliphatic rings. The van der Waals surface area contributed by atoms with Gasteiger partial charge < -0.3 is 19.7 Å². The van der Waals surface area contributed by atoms with Gasteiger partial charge >= 0.3 is 11.9 Å². The summed E-state index contributed by atoms with van der Waals surface area (Å²) in [5, 5.41) is 11.7. The van der Waals surface area contributed by atoms with Gasteiger partial charge in [0.05, 0.1) is 29.0 Å². The Kier molecular flexibility index (Phi) is 10.2. The third kappa shape index (κ3) is 7.50. The van der Waals surface area contributed by atoms with E-state index in [4.69, 9.17) is 26.3 Å². The maximum absolute atomic E-state index is 15.0. The van der Waals surface area contributed by atoms with Crippen molar-refractivity contribution in [2.75, 3.05) is 19.8 Å². The number of carbonyl (C=O) groups excluding carboxylic acids is 2. The van der Waals surface area contributed by atoms with Crippen LogP contribution in [0.3, 0.4) is 0 Å². The number of nitriles is 1. The molecule has 0 radical (unpaired) electrons. The zero-order valence-corrected chi connectivity index (χ0v) is 27.3. The largest absolute Gasteiger partial charge is 0.484 e. The number of aromatic nitrogens is 2. The average Bonchev–Trinajstić information content (AvgIpc) is 3.35. The van der Waals surface area contributed by atoms with E-state index >= 15 is 4.39 Å². The Morgan fingerprint density at radius 2 is 1.77 bits per heavy atom. The minimum atomic E-state index is -4.56. The second kappa shape index (κ2) is 14.1. The summed E-state index contributed by atoms with van der Waals surface area (Å²) < 4.78 is 66.0. The zero-order valence-electron chi connectivity index (χ0n) is 25.0. The van der Waals surface area contributed by atoms with E-state index in [1.54, 1.807) is 18.2 Å². The number of nitrogens with zero attached hydrogens (tertiary/aromatic N) is 4. The molecule has 4 aromatic rings. The number of halogens is 6. The van der Waals surface area contributed by atoms with Crippen molar-refractivity contribution in [3.05, 3.63) is 109 Å². The topological polar surface area (TPSA) is 119 Å². The Bertz CT molecular complexity index is 1970. The van der Waals surface area contributed by atoms with E-state index in [9.17, 15) is 27.6 Å². The van der Waals surface area contributed by atoms with Crippen molar-refractivity contribution in [1.29, 1.82) is 5.26 Å². The molecule has 1 aromatic heterocycles. The SMILES string of the molecule is C[C@@H](NC(=O)c1c2n(c(=O)n1-c1ccc(OCC(F)(F)F)cc1)CCN(C(=O)c1ccc(Br)c(Cl)c1)C2)c1ccc(OCC#N)cc1F. The van der Waals surface area contributed by atoms with E-state index in [-0.39, 0.29) is 65.9 Å². The van der Waals surface area contributed by atoms with E-state index in [1.165, 1.54) is 58.9 Å². The molecule has 0 aliphatic carbocycles. The molecule has 3 aromatic carbocycles. The van der Waals surface area contributed by atoms with Crippen molar-refractivity contribution in [2.45, 2.75) is 32.2 Å². The van der Waals surface area contributed by atoms with Gasteiger partial charge in [0.25, 0.3) is 11.8 Å². The number of hydrogen-bond acceptors (Lipinski definition) is 6. The molecule has 0 bridgehead atoms. The summed E-state index contributed by atoms with van der Waals surface area (Å²) in [5.41, 5.74) is -0.0884. The highest BCUT2D eigenvalue weighted by Crippen LogP contribution is 2.28. The zero-order chi connectivity index (χ0) is 34.7. The standard InChI is InChI=1S/C32H25BrClF4N5O5/c1-18(23-8-7-22(15-26(23)35)47-13-10-39)40-29(44)28-27-16-41(30(45)19-2-9-24(33)25(34)14-19)11-12-42(27)31(46)43(28)20-3-5-21(6-4-20)48-17-32(36,37)38/h2-9,14-15,18H,11-13,16-17H2,1H3,(H,40,44)/t18-/m1/s1. The van der Waals surface area contributed by atoms with Crippen molar-refractivity contribution >= 4 is 39.3 Å². The summed E-state index contributed by atoms with van der Waals surface area (Å²) in [5.74, 6) is -1.89. The van der Waals surface area contributed by atoms with E-state index in [0.717, 1.165) is 10.6 Å². The quantitative estimate of drug-likeness (QED) is 0.204. The van der Waals surface area contributed by atoms with Crippen LogP contribution in [0.2, 0.25) is 5.02 Å². The molecule has 16 heteroatoms. The van der Waals surface area contributed by atoms with Gasteiger partial charge in [-0.2, -0.15) is 18.4 Å². The smallest absolute Gasteiger partial charge is 0.422 e. The summed E-state index contributed by atoms with van der Waals surface area (Å²) in [4.78, 5) is 42.7. The molecule has 10 nitrogen and oxygen atoms in total. The van der Waals surface area contributed by atoms with Gasteiger partial charge in [-0.1, -0.05) is 17.7 Å². The van der Waals surface area contributed by atoms with Crippen molar-refractivity contribution in [1.82, 2.24) is 19.4 Å². The third-order valence-corrected chi connectivity index (χ3v) is 8.67. The first-order valence-electron chi connectivity index (χ1n) is 14.3. The summed E-state index contributed by atoms with van der Waals surface area (Å²) >= 11 is 9.49. The second-order valence-electron chi connectivity index (χ2n) is 10.6. The van der Waals surface area contributed by atoms with E-state index in [2.05, 4.69) is 21.2 Å². The third-order valence-electron chi connectivity index (χ3n) is 7.43. The molecule has 5 rings (SSSR count). The van der Waals surface area contributed by atoms with E-state index in [0.29, 0.717) is 9.50 Å². The van der Waals surface area contributed by atoms with Crippen LogP contribution in [0.4, 0.5) is 17.6 Å². The van der Waals surface area contributed by atoms with Gasteiger partial charge in [0.1, 0.15) is 29.1 Å². The highest BCUT2D eigenvalue weighted by molar-refractivity contribution is 9.10. The van der Waals surface area contributed by atoms with Crippen LogP contribution in [0, 0.1) is 17.1 Å². The summed E-state index contributed by atoms with van der Waals surface area (Å²) in [6, 6.07) is 14.6. The van der Waals surface area contributed by atoms with Gasteiger partial charge in [0, 0.05) is 34.8 Å². The number of imidazole rings is 1. The molecule has 2 heterocycles. The molecular formula is C32H25BrClF4N5O5. The number of ether oxygens (including phenoxy) is 2. The van der Waals surface area contributed by atoms with Crippen LogP contribution in [0.15, 0.2) is 69.9 Å². The lowest BCUT2D eigenvalue weighted by Gasteiger charge is -2.28. The maximum Gasteiger partial charge on any atom is 0.422 e. The van der Waals surface area contributed by atoms with Crippen molar-refractivity contribution in [3.8, 4) is 23.3 Å². The molecule has 1 N–H and O–H groups in total. The Morgan fingerprint density at radius 1 is 1.06 bits per heavy atom. The van der Waals surface area contributed by atoms with Crippen LogP contribution >= 0.6 is 27.5 Å². The van der Waals surface area contributed by atoms with Crippen LogP contribution in [-0.2, 0) is 13.1 Å². The Labute approximate surface area is 284 Å². The molecule has 0 spiro atoms. The van der Waals surface area contributed by atoms with Crippen LogP contribution in [0.5, 0.6) is 11.5 Å². The van der Waals surface area contributed by atoms with E-state index < -0.39 is 42.1 Å².